The maximum Gasteiger partial charge on any atom is 0.0715 e. The van der Waals surface area contributed by atoms with Gasteiger partial charge >= 0.3 is 0 Å². The first-order chi connectivity index (χ1) is 28.8. The monoisotopic (exact) mass is 754 g/mol. The molecule has 0 N–H and O–H groups in total. The first-order valence-electron chi connectivity index (χ1n) is 20.0. The second-order valence-corrected chi connectivity index (χ2v) is 16.7. The molecule has 0 saturated heterocycles. The molecule has 0 fully saturated rings. The number of fused-ring (bicyclic) bond motifs is 13. The normalized spacial score (nSPS) is 13.3. The van der Waals surface area contributed by atoms with E-state index in [2.05, 4.69) is 215 Å². The molecule has 3 heteroatoms. The molecule has 58 heavy (non-hydrogen) atoms. The van der Waals surface area contributed by atoms with Crippen LogP contribution in [-0.2, 0) is 5.41 Å². The van der Waals surface area contributed by atoms with Gasteiger partial charge in [0.25, 0.3) is 0 Å². The number of thiophene rings is 1. The highest BCUT2D eigenvalue weighted by atomic mass is 32.1. The molecule has 1 aliphatic carbocycles. The van der Waals surface area contributed by atoms with E-state index in [1.54, 1.807) is 0 Å². The van der Waals surface area contributed by atoms with Crippen LogP contribution in [0.3, 0.4) is 0 Å². The summed E-state index contributed by atoms with van der Waals surface area (Å²) >= 11 is 1.88. The lowest BCUT2D eigenvalue weighted by atomic mass is 9.67. The molecule has 3 aromatic heterocycles. The lowest BCUT2D eigenvalue weighted by molar-refractivity contribution is 0.766. The van der Waals surface area contributed by atoms with Crippen LogP contribution in [0.15, 0.2) is 206 Å². The van der Waals surface area contributed by atoms with Crippen molar-refractivity contribution in [3.63, 3.8) is 0 Å². The van der Waals surface area contributed by atoms with E-state index in [1.807, 2.05) is 11.3 Å². The van der Waals surface area contributed by atoms with Gasteiger partial charge in [-0.15, -0.1) is 11.3 Å². The van der Waals surface area contributed by atoms with Crippen LogP contribution in [0, 0.1) is 0 Å². The number of aromatic nitrogens is 2. The molecule has 0 unspecified atom stereocenters. The summed E-state index contributed by atoms with van der Waals surface area (Å²) in [7, 11) is 0. The van der Waals surface area contributed by atoms with Gasteiger partial charge in [-0.3, -0.25) is 0 Å². The Morgan fingerprint density at radius 1 is 0.328 bits per heavy atom. The zero-order valence-electron chi connectivity index (χ0n) is 31.4. The van der Waals surface area contributed by atoms with Crippen molar-refractivity contribution in [3.8, 4) is 22.5 Å². The number of nitrogens with zero attached hydrogens (tertiary/aromatic N) is 2. The van der Waals surface area contributed by atoms with Gasteiger partial charge in [0.2, 0.25) is 0 Å². The lowest BCUT2D eigenvalue weighted by Crippen LogP contribution is -2.28. The third-order valence-electron chi connectivity index (χ3n) is 12.8. The minimum absolute atomic E-state index is 0.576. The van der Waals surface area contributed by atoms with Crippen molar-refractivity contribution in [1.82, 2.24) is 9.13 Å². The predicted molar refractivity (Wildman–Crippen MR) is 245 cm³/mol. The third kappa shape index (κ3) is 4.16. The first kappa shape index (κ1) is 31.9. The van der Waals surface area contributed by atoms with Crippen molar-refractivity contribution < 1.29 is 0 Å². The molecule has 2 nitrogen and oxygen atoms in total. The molecule has 13 rings (SSSR count). The second-order valence-electron chi connectivity index (χ2n) is 15.6. The van der Waals surface area contributed by atoms with E-state index in [-0.39, 0.29) is 0 Å². The van der Waals surface area contributed by atoms with E-state index < -0.39 is 5.41 Å². The van der Waals surface area contributed by atoms with Gasteiger partial charge < -0.3 is 9.13 Å². The summed E-state index contributed by atoms with van der Waals surface area (Å²) in [4.78, 5) is 0. The van der Waals surface area contributed by atoms with Crippen LogP contribution < -0.4 is 0 Å². The quantitative estimate of drug-likeness (QED) is 0.169. The van der Waals surface area contributed by atoms with Gasteiger partial charge in [-0.1, -0.05) is 146 Å². The fourth-order valence-electron chi connectivity index (χ4n) is 10.5. The van der Waals surface area contributed by atoms with Crippen LogP contribution in [0.4, 0.5) is 0 Å². The number of para-hydroxylation sites is 3. The number of hydrogen-bond donors (Lipinski definition) is 0. The average Bonchev–Trinajstić information content (AvgIpc) is 4.02. The Kier molecular flexibility index (Phi) is 6.56. The molecule has 0 bridgehead atoms. The third-order valence-corrected chi connectivity index (χ3v) is 13.9. The fourth-order valence-corrected chi connectivity index (χ4v) is 11.6. The Labute approximate surface area is 339 Å². The van der Waals surface area contributed by atoms with E-state index in [1.165, 1.54) is 97.2 Å². The van der Waals surface area contributed by atoms with Crippen LogP contribution in [0.25, 0.3) is 86.3 Å². The summed E-state index contributed by atoms with van der Waals surface area (Å²) in [5.41, 5.74) is 14.3. The Morgan fingerprint density at radius 3 is 1.38 bits per heavy atom. The van der Waals surface area contributed by atoms with Crippen LogP contribution in [0.5, 0.6) is 0 Å². The molecule has 0 spiro atoms. The topological polar surface area (TPSA) is 9.86 Å². The second kappa shape index (κ2) is 11.9. The molecule has 270 valence electrons. The van der Waals surface area contributed by atoms with Crippen molar-refractivity contribution in [2.24, 2.45) is 0 Å². The van der Waals surface area contributed by atoms with Gasteiger partial charge in [-0.05, 0) is 94.0 Å². The first-order valence-corrected chi connectivity index (χ1v) is 20.8. The van der Waals surface area contributed by atoms with Crippen molar-refractivity contribution >= 4 is 75.1 Å². The average molecular weight is 755 g/mol. The Morgan fingerprint density at radius 2 is 0.793 bits per heavy atom. The van der Waals surface area contributed by atoms with Gasteiger partial charge in [-0.2, -0.15) is 0 Å². The molecule has 0 saturated carbocycles. The lowest BCUT2D eigenvalue weighted by Gasteiger charge is -2.34. The summed E-state index contributed by atoms with van der Waals surface area (Å²) in [5, 5.41) is 7.81. The van der Waals surface area contributed by atoms with E-state index in [0.29, 0.717) is 0 Å². The highest BCUT2D eigenvalue weighted by Gasteiger charge is 2.46. The minimum atomic E-state index is -0.576. The minimum Gasteiger partial charge on any atom is -0.309 e. The molecule has 0 amide bonds. The zero-order valence-corrected chi connectivity index (χ0v) is 32.2. The maximum absolute atomic E-state index is 2.50. The van der Waals surface area contributed by atoms with Gasteiger partial charge in [-0.25, -0.2) is 0 Å². The van der Waals surface area contributed by atoms with Gasteiger partial charge in [0, 0.05) is 53.1 Å². The summed E-state index contributed by atoms with van der Waals surface area (Å²) in [6.45, 7) is 0. The number of hydrogen-bond acceptors (Lipinski definition) is 1. The van der Waals surface area contributed by atoms with Crippen molar-refractivity contribution in [2.45, 2.75) is 5.41 Å². The highest BCUT2D eigenvalue weighted by molar-refractivity contribution is 7.26. The largest absolute Gasteiger partial charge is 0.309 e. The predicted octanol–water partition coefficient (Wildman–Crippen LogP) is 14.6. The summed E-state index contributed by atoms with van der Waals surface area (Å²) in [6.07, 6.45) is 0. The molecule has 0 radical (unpaired) electrons. The molecular weight excluding hydrogens is 721 g/mol. The van der Waals surface area contributed by atoms with E-state index in [4.69, 9.17) is 0 Å². The van der Waals surface area contributed by atoms with Crippen molar-refractivity contribution in [2.75, 3.05) is 0 Å². The summed E-state index contributed by atoms with van der Waals surface area (Å²) < 4.78 is 7.61. The standard InChI is InChI=1S/C55H34N2S/c1-3-15-35(16-4-1)55(36-17-5-2-6-18-36)45-33-37(56-47-23-11-7-19-41(47)42-20-8-12-24-48(42)56)27-29-39(45)40-30-28-38(34-46(40)55)57-49-25-13-9-21-43(49)53-50(57)31-32-52-54(53)44-22-10-14-26-51(44)58-52/h1-34H. The van der Waals surface area contributed by atoms with E-state index in [9.17, 15) is 0 Å². The van der Waals surface area contributed by atoms with Crippen LogP contribution in [0.2, 0.25) is 0 Å². The van der Waals surface area contributed by atoms with Gasteiger partial charge in [0.1, 0.15) is 0 Å². The van der Waals surface area contributed by atoms with Crippen molar-refractivity contribution in [1.29, 1.82) is 0 Å². The van der Waals surface area contributed by atoms with Gasteiger partial charge in [0.05, 0.1) is 27.5 Å². The smallest absolute Gasteiger partial charge is 0.0715 e. The fraction of sp³-hybridized carbons (Fsp3) is 0.0182. The van der Waals surface area contributed by atoms with Crippen molar-refractivity contribution in [3.05, 3.63) is 229 Å². The zero-order chi connectivity index (χ0) is 38.0. The molecule has 3 heterocycles. The Hall–Kier alpha value is -7.20. The molecule has 0 atom stereocenters. The highest BCUT2D eigenvalue weighted by Crippen LogP contribution is 2.57. The molecule has 1 aliphatic rings. The molecule has 12 aromatic rings. The maximum atomic E-state index is 2.50. The SMILES string of the molecule is c1ccc(C2(c3ccccc3)c3cc(-n4c5ccccc5c5ccccc54)ccc3-c3ccc(-n4c5ccccc5c5c6c(ccc54)sc4ccccc46)cc32)cc1. The van der Waals surface area contributed by atoms with E-state index >= 15 is 0 Å². The van der Waals surface area contributed by atoms with E-state index in [0.717, 1.165) is 11.4 Å². The number of rotatable bonds is 4. The van der Waals surface area contributed by atoms with Crippen LogP contribution >= 0.6 is 11.3 Å². The number of benzene rings is 9. The molecule has 9 aromatic carbocycles. The Bertz CT molecular complexity index is 3530. The van der Waals surface area contributed by atoms with Gasteiger partial charge in [0.15, 0.2) is 0 Å². The summed E-state index contributed by atoms with van der Waals surface area (Å²) in [6, 6.07) is 76.8. The molecule has 0 aliphatic heterocycles. The van der Waals surface area contributed by atoms with Crippen LogP contribution in [-0.4, -0.2) is 9.13 Å². The molecular formula is C55H34N2S. The Balaban J connectivity index is 1.13. The van der Waals surface area contributed by atoms with Crippen LogP contribution in [0.1, 0.15) is 22.3 Å². The summed E-state index contributed by atoms with van der Waals surface area (Å²) in [5.74, 6) is 0.